The Kier molecular flexibility index (Phi) is 5.11. The zero-order chi connectivity index (χ0) is 9.56. The van der Waals surface area contributed by atoms with Gasteiger partial charge in [-0.15, -0.1) is 0 Å². The van der Waals surface area contributed by atoms with Gasteiger partial charge in [0.15, 0.2) is 0 Å². The Bertz CT molecular complexity index is 164. The number of hydrogen-bond acceptors (Lipinski definition) is 4. The maximum Gasteiger partial charge on any atom is 0.241 e. The molecule has 12 heavy (non-hydrogen) atoms. The lowest BCUT2D eigenvalue weighted by Crippen LogP contribution is -2.35. The molecule has 0 aromatic carbocycles. The summed E-state index contributed by atoms with van der Waals surface area (Å²) in [4.78, 5) is 19.2. The Labute approximate surface area is 68.3 Å². The summed E-state index contributed by atoms with van der Waals surface area (Å²) in [6.45, 7) is -1.16. The molecular weight excluding hydrogens is 169 g/mol. The van der Waals surface area contributed by atoms with E-state index in [4.69, 9.17) is 5.11 Å². The molecule has 6 heteroatoms. The van der Waals surface area contributed by atoms with Gasteiger partial charge in [0.25, 0.3) is 0 Å². The van der Waals surface area contributed by atoms with E-state index in [0.717, 1.165) is 0 Å². The van der Waals surface area contributed by atoms with Crippen molar-refractivity contribution in [3.63, 3.8) is 0 Å². The Morgan fingerprint density at radius 1 is 1.67 bits per heavy atom. The van der Waals surface area contributed by atoms with Crippen LogP contribution in [0.4, 0.5) is 4.39 Å². The molecule has 70 valence electrons. The Hall–Kier alpha value is -1.04. The van der Waals surface area contributed by atoms with Gasteiger partial charge in [-0.3, -0.25) is 10.1 Å². The summed E-state index contributed by atoms with van der Waals surface area (Å²) in [6.07, 6.45) is -1.27. The van der Waals surface area contributed by atoms with E-state index < -0.39 is 23.7 Å². The monoisotopic (exact) mass is 179 g/mol. The fourth-order valence-corrected chi connectivity index (χ4v) is 0.780. The first-order valence-corrected chi connectivity index (χ1v) is 3.44. The highest BCUT2D eigenvalue weighted by Crippen LogP contribution is 2.06. The molecular formula is C6H10FNO4. The maximum absolute atomic E-state index is 11.8. The first kappa shape index (κ1) is 11.0. The summed E-state index contributed by atoms with van der Waals surface area (Å²) in [5.41, 5.74) is 0. The van der Waals surface area contributed by atoms with Gasteiger partial charge in [0.1, 0.15) is 19.1 Å². The highest BCUT2D eigenvalue weighted by Gasteiger charge is 2.28. The summed E-state index contributed by atoms with van der Waals surface area (Å²) < 4.78 is 11.8. The van der Waals surface area contributed by atoms with Crippen LogP contribution in [0.15, 0.2) is 0 Å². The van der Waals surface area contributed by atoms with Crippen molar-refractivity contribution in [3.8, 4) is 0 Å². The molecule has 5 nitrogen and oxygen atoms in total. The standard InChI is InChI=1S/C6H10FNO4/c7-4-6(10)5(8(11)12)2-1-3-9/h3,5-6,10H,1-2,4H2. The number of alkyl halides is 1. The molecule has 2 atom stereocenters. The topological polar surface area (TPSA) is 80.4 Å². The summed E-state index contributed by atoms with van der Waals surface area (Å²) in [5, 5.41) is 19.0. The van der Waals surface area contributed by atoms with Crippen LogP contribution < -0.4 is 0 Å². The minimum atomic E-state index is -1.61. The third kappa shape index (κ3) is 3.38. The molecule has 0 rings (SSSR count). The van der Waals surface area contributed by atoms with Gasteiger partial charge in [0.2, 0.25) is 6.04 Å². The zero-order valence-electron chi connectivity index (χ0n) is 6.35. The molecule has 0 amide bonds. The molecule has 0 aliphatic rings. The third-order valence-corrected chi connectivity index (χ3v) is 1.45. The Morgan fingerprint density at radius 2 is 2.25 bits per heavy atom. The van der Waals surface area contributed by atoms with Gasteiger partial charge in [-0.1, -0.05) is 0 Å². The highest BCUT2D eigenvalue weighted by atomic mass is 19.1. The first-order valence-electron chi connectivity index (χ1n) is 3.44. The molecule has 2 unspecified atom stereocenters. The number of nitrogens with zero attached hydrogens (tertiary/aromatic N) is 1. The van der Waals surface area contributed by atoms with Gasteiger partial charge < -0.3 is 9.90 Å². The number of aliphatic hydroxyl groups excluding tert-OH is 1. The molecule has 0 aliphatic heterocycles. The average molecular weight is 179 g/mol. The van der Waals surface area contributed by atoms with Crippen LogP contribution in [0.2, 0.25) is 0 Å². The van der Waals surface area contributed by atoms with Crippen LogP contribution in [0, 0.1) is 10.1 Å². The number of hydrogen-bond donors (Lipinski definition) is 1. The minimum Gasteiger partial charge on any atom is -0.383 e. The molecule has 0 aromatic heterocycles. The van der Waals surface area contributed by atoms with E-state index in [9.17, 15) is 19.3 Å². The van der Waals surface area contributed by atoms with E-state index in [1.165, 1.54) is 0 Å². The maximum atomic E-state index is 11.8. The van der Waals surface area contributed by atoms with E-state index in [-0.39, 0.29) is 12.8 Å². The average Bonchev–Trinajstić information content (AvgIpc) is 2.04. The molecule has 0 fully saturated rings. The van der Waals surface area contributed by atoms with Crippen molar-refractivity contribution in [1.82, 2.24) is 0 Å². The lowest BCUT2D eigenvalue weighted by molar-refractivity contribution is -0.535. The lowest BCUT2D eigenvalue weighted by atomic mass is 10.1. The normalized spacial score (nSPS) is 15.2. The van der Waals surface area contributed by atoms with Crippen LogP contribution in [0.5, 0.6) is 0 Å². The molecule has 1 N–H and O–H groups in total. The van der Waals surface area contributed by atoms with Crippen LogP contribution >= 0.6 is 0 Å². The number of carbonyl (C=O) groups excluding carboxylic acids is 1. The smallest absolute Gasteiger partial charge is 0.241 e. The molecule has 0 saturated heterocycles. The Morgan fingerprint density at radius 3 is 2.58 bits per heavy atom. The van der Waals surface area contributed by atoms with E-state index in [1.54, 1.807) is 0 Å². The summed E-state index contributed by atoms with van der Waals surface area (Å²) in [6, 6.07) is -1.37. The lowest BCUT2D eigenvalue weighted by Gasteiger charge is -2.10. The summed E-state index contributed by atoms with van der Waals surface area (Å²) in [5.74, 6) is 0. The molecule has 0 spiro atoms. The van der Waals surface area contributed by atoms with Crippen molar-refractivity contribution in [2.24, 2.45) is 0 Å². The van der Waals surface area contributed by atoms with E-state index in [0.29, 0.717) is 6.29 Å². The Balaban J connectivity index is 4.02. The number of aliphatic hydroxyl groups is 1. The number of carbonyl (C=O) groups is 1. The fourth-order valence-electron chi connectivity index (χ4n) is 0.780. The summed E-state index contributed by atoms with van der Waals surface area (Å²) >= 11 is 0. The molecule has 0 radical (unpaired) electrons. The second-order valence-electron chi connectivity index (χ2n) is 2.32. The van der Waals surface area contributed by atoms with Crippen molar-refractivity contribution in [2.45, 2.75) is 25.0 Å². The molecule has 0 aliphatic carbocycles. The van der Waals surface area contributed by atoms with Crippen molar-refractivity contribution in [3.05, 3.63) is 10.1 Å². The SMILES string of the molecule is O=CCCC(C(O)CF)[N+](=O)[O-]. The molecule has 0 heterocycles. The molecule has 0 aromatic rings. The molecule has 0 saturated carbocycles. The number of rotatable bonds is 6. The number of halogens is 1. The minimum absolute atomic E-state index is 0.0390. The van der Waals surface area contributed by atoms with Gasteiger partial charge >= 0.3 is 0 Å². The van der Waals surface area contributed by atoms with E-state index in [1.807, 2.05) is 0 Å². The van der Waals surface area contributed by atoms with Crippen molar-refractivity contribution in [1.29, 1.82) is 0 Å². The first-order chi connectivity index (χ1) is 5.63. The van der Waals surface area contributed by atoms with Gasteiger partial charge in [0.05, 0.1) is 0 Å². The number of nitro groups is 1. The van der Waals surface area contributed by atoms with E-state index >= 15 is 0 Å². The molecule has 0 bridgehead atoms. The third-order valence-electron chi connectivity index (χ3n) is 1.45. The van der Waals surface area contributed by atoms with E-state index in [2.05, 4.69) is 0 Å². The predicted octanol–water partition coefficient (Wildman–Crippen LogP) is -0.0588. The quantitative estimate of drug-likeness (QED) is 0.352. The second-order valence-corrected chi connectivity index (χ2v) is 2.32. The zero-order valence-corrected chi connectivity index (χ0v) is 6.35. The van der Waals surface area contributed by atoms with Gasteiger partial charge in [0, 0.05) is 17.8 Å². The highest BCUT2D eigenvalue weighted by molar-refractivity contribution is 5.49. The fraction of sp³-hybridized carbons (Fsp3) is 0.833. The second kappa shape index (κ2) is 5.59. The summed E-state index contributed by atoms with van der Waals surface area (Å²) in [7, 11) is 0. The van der Waals surface area contributed by atoms with Crippen molar-refractivity contribution < 1.29 is 19.2 Å². The van der Waals surface area contributed by atoms with Gasteiger partial charge in [-0.25, -0.2) is 4.39 Å². The van der Waals surface area contributed by atoms with Gasteiger partial charge in [-0.2, -0.15) is 0 Å². The van der Waals surface area contributed by atoms with Gasteiger partial charge in [-0.05, 0) is 0 Å². The van der Waals surface area contributed by atoms with Crippen molar-refractivity contribution in [2.75, 3.05) is 6.67 Å². The van der Waals surface area contributed by atoms with Crippen molar-refractivity contribution >= 4 is 6.29 Å². The largest absolute Gasteiger partial charge is 0.383 e. The van der Waals surface area contributed by atoms with Crippen LogP contribution in [0.25, 0.3) is 0 Å². The van der Waals surface area contributed by atoms with Crippen LogP contribution in [0.3, 0.4) is 0 Å². The van der Waals surface area contributed by atoms with Crippen LogP contribution in [-0.4, -0.2) is 35.1 Å². The predicted molar refractivity (Wildman–Crippen MR) is 38.1 cm³/mol. The number of aldehydes is 1. The van der Waals surface area contributed by atoms with Crippen LogP contribution in [-0.2, 0) is 4.79 Å². The van der Waals surface area contributed by atoms with Crippen LogP contribution in [0.1, 0.15) is 12.8 Å².